The second kappa shape index (κ2) is 7.18. The molecule has 2 aromatic rings. The van der Waals surface area contributed by atoms with Crippen molar-refractivity contribution in [2.45, 2.75) is 39.5 Å². The van der Waals surface area contributed by atoms with Gasteiger partial charge in [0.05, 0.1) is 18.3 Å². The lowest BCUT2D eigenvalue weighted by Crippen LogP contribution is -2.40. The molecule has 0 spiro atoms. The van der Waals surface area contributed by atoms with Crippen LogP contribution in [0.2, 0.25) is 0 Å². The second-order valence-corrected chi connectivity index (χ2v) is 6.59. The van der Waals surface area contributed by atoms with Crippen molar-refractivity contribution in [1.29, 1.82) is 5.26 Å². The molecular formula is C19H22N4O2. The molecule has 1 aromatic heterocycles. The number of hydrogen-bond donors (Lipinski definition) is 1. The zero-order valence-electron chi connectivity index (χ0n) is 14.6. The molecule has 0 aliphatic carbocycles. The third kappa shape index (κ3) is 3.63. The molecule has 0 bridgehead atoms. The Labute approximate surface area is 146 Å². The maximum atomic E-state index is 12.3. The Morgan fingerprint density at radius 1 is 1.28 bits per heavy atom. The van der Waals surface area contributed by atoms with E-state index in [1.165, 1.54) is 15.8 Å². The molecule has 1 aliphatic rings. The van der Waals surface area contributed by atoms with E-state index in [9.17, 15) is 15.2 Å². The first-order valence-electron chi connectivity index (χ1n) is 8.45. The number of aromatic nitrogens is 2. The smallest absolute Gasteiger partial charge is 0.285 e. The number of aryl methyl sites for hydroxylation is 1. The summed E-state index contributed by atoms with van der Waals surface area (Å²) in [7, 11) is 0. The molecule has 1 atom stereocenters. The van der Waals surface area contributed by atoms with E-state index >= 15 is 0 Å². The quantitative estimate of drug-likeness (QED) is 0.904. The Bertz CT molecular complexity index is 882. The SMILES string of the molecule is Cc1nn(C[C@@H](O)CN2CCc3ccccc3C2)c(=O)c(C#N)c1C. The predicted octanol–water partition coefficient (Wildman–Crippen LogP) is 1.15. The van der Waals surface area contributed by atoms with Gasteiger partial charge < -0.3 is 5.11 Å². The number of rotatable bonds is 4. The molecule has 0 saturated carbocycles. The molecule has 0 saturated heterocycles. The lowest BCUT2D eigenvalue weighted by Gasteiger charge is -2.30. The number of aliphatic hydroxyl groups excluding tert-OH is 1. The number of aliphatic hydroxyl groups is 1. The fourth-order valence-electron chi connectivity index (χ4n) is 3.29. The number of nitrogens with zero attached hydrogens (tertiary/aromatic N) is 4. The Kier molecular flexibility index (Phi) is 4.98. The van der Waals surface area contributed by atoms with Crippen molar-refractivity contribution < 1.29 is 5.11 Å². The van der Waals surface area contributed by atoms with E-state index in [-0.39, 0.29) is 12.1 Å². The highest BCUT2D eigenvalue weighted by atomic mass is 16.3. The van der Waals surface area contributed by atoms with Crippen LogP contribution < -0.4 is 5.56 Å². The zero-order chi connectivity index (χ0) is 18.0. The molecular weight excluding hydrogens is 316 g/mol. The molecule has 3 rings (SSSR count). The van der Waals surface area contributed by atoms with Gasteiger partial charge in [-0.1, -0.05) is 24.3 Å². The number of β-amino-alcohol motifs (C(OH)–C–C–N with tert-alkyl or cyclic N) is 1. The summed E-state index contributed by atoms with van der Waals surface area (Å²) >= 11 is 0. The molecule has 0 radical (unpaired) electrons. The lowest BCUT2D eigenvalue weighted by atomic mass is 10.00. The van der Waals surface area contributed by atoms with Crippen LogP contribution in [0, 0.1) is 25.2 Å². The van der Waals surface area contributed by atoms with Gasteiger partial charge in [-0.25, -0.2) is 4.68 Å². The number of benzene rings is 1. The molecule has 0 fully saturated rings. The highest BCUT2D eigenvalue weighted by Gasteiger charge is 2.20. The fraction of sp³-hybridized carbons (Fsp3) is 0.421. The summed E-state index contributed by atoms with van der Waals surface area (Å²) in [5.74, 6) is 0. The van der Waals surface area contributed by atoms with Gasteiger partial charge in [0.25, 0.3) is 5.56 Å². The zero-order valence-corrected chi connectivity index (χ0v) is 14.6. The first-order chi connectivity index (χ1) is 12.0. The van der Waals surface area contributed by atoms with Crippen molar-refractivity contribution in [1.82, 2.24) is 14.7 Å². The van der Waals surface area contributed by atoms with Gasteiger partial charge in [0.2, 0.25) is 0 Å². The van der Waals surface area contributed by atoms with Crippen LogP contribution in [0.1, 0.15) is 27.9 Å². The van der Waals surface area contributed by atoms with Crippen LogP contribution in [-0.4, -0.2) is 39.0 Å². The van der Waals surface area contributed by atoms with Crippen molar-refractivity contribution in [3.8, 4) is 6.07 Å². The van der Waals surface area contributed by atoms with Crippen LogP contribution in [-0.2, 0) is 19.5 Å². The van der Waals surface area contributed by atoms with Crippen LogP contribution in [0.3, 0.4) is 0 Å². The molecule has 25 heavy (non-hydrogen) atoms. The van der Waals surface area contributed by atoms with Crippen molar-refractivity contribution in [2.75, 3.05) is 13.1 Å². The molecule has 130 valence electrons. The van der Waals surface area contributed by atoms with E-state index in [4.69, 9.17) is 0 Å². The summed E-state index contributed by atoms with van der Waals surface area (Å²) in [4.78, 5) is 14.5. The number of hydrogen-bond acceptors (Lipinski definition) is 5. The molecule has 0 unspecified atom stereocenters. The van der Waals surface area contributed by atoms with Gasteiger partial charge in [0.15, 0.2) is 0 Å². The average Bonchev–Trinajstić information content (AvgIpc) is 2.60. The van der Waals surface area contributed by atoms with Crippen molar-refractivity contribution in [3.05, 3.63) is 62.6 Å². The van der Waals surface area contributed by atoms with Crippen LogP contribution in [0.25, 0.3) is 0 Å². The van der Waals surface area contributed by atoms with Crippen molar-refractivity contribution in [2.24, 2.45) is 0 Å². The minimum atomic E-state index is -0.718. The summed E-state index contributed by atoms with van der Waals surface area (Å²) in [5, 5.41) is 23.8. The number of fused-ring (bicyclic) bond motifs is 1. The largest absolute Gasteiger partial charge is 0.390 e. The Balaban J connectivity index is 1.70. The minimum Gasteiger partial charge on any atom is -0.390 e. The van der Waals surface area contributed by atoms with E-state index in [1.54, 1.807) is 13.8 Å². The maximum Gasteiger partial charge on any atom is 0.285 e. The van der Waals surface area contributed by atoms with E-state index in [2.05, 4.69) is 22.1 Å². The summed E-state index contributed by atoms with van der Waals surface area (Å²) in [6, 6.07) is 10.3. The molecule has 1 N–H and O–H groups in total. The minimum absolute atomic E-state index is 0.0901. The Hall–Kier alpha value is -2.49. The monoisotopic (exact) mass is 338 g/mol. The molecule has 6 heteroatoms. The topological polar surface area (TPSA) is 82.2 Å². The van der Waals surface area contributed by atoms with Crippen LogP contribution in [0.5, 0.6) is 0 Å². The van der Waals surface area contributed by atoms with Gasteiger partial charge in [0, 0.05) is 19.6 Å². The molecule has 2 heterocycles. The fourth-order valence-corrected chi connectivity index (χ4v) is 3.29. The van der Waals surface area contributed by atoms with Crippen molar-refractivity contribution >= 4 is 0 Å². The van der Waals surface area contributed by atoms with Gasteiger partial charge in [-0.15, -0.1) is 0 Å². The standard InChI is InChI=1S/C19H22N4O2/c1-13-14(2)21-23(19(25)18(13)9-20)12-17(24)11-22-8-7-15-5-3-4-6-16(15)10-22/h3-6,17,24H,7-8,10-12H2,1-2H3/t17-/m0/s1. The summed E-state index contributed by atoms with van der Waals surface area (Å²) < 4.78 is 1.21. The Morgan fingerprint density at radius 2 is 2.00 bits per heavy atom. The first kappa shape index (κ1) is 17.3. The van der Waals surface area contributed by atoms with Crippen LogP contribution in [0.15, 0.2) is 29.1 Å². The van der Waals surface area contributed by atoms with Crippen LogP contribution in [0.4, 0.5) is 0 Å². The van der Waals surface area contributed by atoms with Gasteiger partial charge in [-0.3, -0.25) is 9.69 Å². The highest BCUT2D eigenvalue weighted by Crippen LogP contribution is 2.18. The summed E-state index contributed by atoms with van der Waals surface area (Å²) in [6.07, 6.45) is 0.243. The van der Waals surface area contributed by atoms with E-state index in [0.29, 0.717) is 17.8 Å². The predicted molar refractivity (Wildman–Crippen MR) is 94.1 cm³/mol. The average molecular weight is 338 g/mol. The van der Waals surface area contributed by atoms with E-state index in [1.807, 2.05) is 18.2 Å². The van der Waals surface area contributed by atoms with E-state index in [0.717, 1.165) is 19.5 Å². The number of nitriles is 1. The third-order valence-electron chi connectivity index (χ3n) is 4.81. The third-order valence-corrected chi connectivity index (χ3v) is 4.81. The molecule has 6 nitrogen and oxygen atoms in total. The lowest BCUT2D eigenvalue weighted by molar-refractivity contribution is 0.0874. The normalized spacial score (nSPS) is 15.4. The molecule has 0 amide bonds. The Morgan fingerprint density at radius 3 is 2.72 bits per heavy atom. The first-order valence-corrected chi connectivity index (χ1v) is 8.45. The summed E-state index contributed by atoms with van der Waals surface area (Å²) in [5.41, 5.74) is 3.55. The maximum absolute atomic E-state index is 12.3. The van der Waals surface area contributed by atoms with Crippen molar-refractivity contribution in [3.63, 3.8) is 0 Å². The van der Waals surface area contributed by atoms with E-state index < -0.39 is 11.7 Å². The highest BCUT2D eigenvalue weighted by molar-refractivity contribution is 5.36. The van der Waals surface area contributed by atoms with Gasteiger partial charge in [-0.2, -0.15) is 10.4 Å². The molecule has 1 aliphatic heterocycles. The van der Waals surface area contributed by atoms with Gasteiger partial charge >= 0.3 is 0 Å². The second-order valence-electron chi connectivity index (χ2n) is 6.59. The van der Waals surface area contributed by atoms with Gasteiger partial charge in [-0.05, 0) is 37.0 Å². The van der Waals surface area contributed by atoms with Crippen LogP contribution >= 0.6 is 0 Å². The van der Waals surface area contributed by atoms with Gasteiger partial charge in [0.1, 0.15) is 11.6 Å². The molecule has 1 aromatic carbocycles. The summed E-state index contributed by atoms with van der Waals surface area (Å²) in [6.45, 7) is 5.72.